The third-order valence-corrected chi connectivity index (χ3v) is 3.87. The second-order valence-corrected chi connectivity index (χ2v) is 5.93. The highest BCUT2D eigenvalue weighted by atomic mass is 32.2. The Morgan fingerprint density at radius 2 is 2.15 bits per heavy atom. The Hall–Kier alpha value is -1.92. The number of pyridine rings is 1. The standard InChI is InChI=1S/C14H16N2O3S/c1-3-10(2)9-19-12-6-7-13(20(15,17)18)14-11(12)5-4-8-16-14/h4-8H,2-3,9H2,1H3,(H2,15,17,18). The summed E-state index contributed by atoms with van der Waals surface area (Å²) in [6.07, 6.45) is 2.34. The Kier molecular flexibility index (Phi) is 4.06. The molecule has 0 atom stereocenters. The van der Waals surface area contributed by atoms with E-state index >= 15 is 0 Å². The fourth-order valence-corrected chi connectivity index (χ4v) is 2.45. The van der Waals surface area contributed by atoms with Crippen LogP contribution in [0.15, 0.2) is 47.5 Å². The molecule has 0 spiro atoms. The number of benzene rings is 1. The van der Waals surface area contributed by atoms with Crippen molar-refractivity contribution >= 4 is 20.9 Å². The van der Waals surface area contributed by atoms with E-state index in [0.29, 0.717) is 23.3 Å². The quantitative estimate of drug-likeness (QED) is 0.857. The molecule has 2 aromatic rings. The van der Waals surface area contributed by atoms with Crippen molar-refractivity contribution in [2.75, 3.05) is 6.61 Å². The topological polar surface area (TPSA) is 82.3 Å². The van der Waals surface area contributed by atoms with Gasteiger partial charge in [0, 0.05) is 11.6 Å². The van der Waals surface area contributed by atoms with Crippen LogP contribution in [0, 0.1) is 0 Å². The van der Waals surface area contributed by atoms with E-state index in [1.54, 1.807) is 18.2 Å². The number of nitrogens with zero attached hydrogens (tertiary/aromatic N) is 1. The van der Waals surface area contributed by atoms with Gasteiger partial charge < -0.3 is 4.74 Å². The molecule has 0 aliphatic rings. The van der Waals surface area contributed by atoms with Gasteiger partial charge in [-0.2, -0.15) is 0 Å². The Labute approximate surface area is 118 Å². The van der Waals surface area contributed by atoms with Gasteiger partial charge in [0.05, 0.1) is 5.52 Å². The van der Waals surface area contributed by atoms with Crippen molar-refractivity contribution in [1.29, 1.82) is 0 Å². The van der Waals surface area contributed by atoms with Crippen LogP contribution in [0.1, 0.15) is 13.3 Å². The highest BCUT2D eigenvalue weighted by Crippen LogP contribution is 2.29. The first-order valence-electron chi connectivity index (χ1n) is 6.13. The Bertz CT molecular complexity index is 754. The number of hydrogen-bond acceptors (Lipinski definition) is 4. The second kappa shape index (κ2) is 5.60. The predicted molar refractivity (Wildman–Crippen MR) is 78.0 cm³/mol. The molecule has 0 unspecified atom stereocenters. The SMILES string of the molecule is C=C(CC)COc1ccc(S(N)(=O)=O)c2ncccc12. The van der Waals surface area contributed by atoms with E-state index in [-0.39, 0.29) is 4.90 Å². The number of nitrogens with two attached hydrogens (primary N) is 1. The second-order valence-electron chi connectivity index (χ2n) is 4.40. The molecule has 0 aliphatic carbocycles. The molecule has 5 nitrogen and oxygen atoms in total. The summed E-state index contributed by atoms with van der Waals surface area (Å²) in [5.41, 5.74) is 1.27. The van der Waals surface area contributed by atoms with E-state index in [9.17, 15) is 8.42 Å². The molecule has 2 N–H and O–H groups in total. The fraction of sp³-hybridized carbons (Fsp3) is 0.214. The predicted octanol–water partition coefficient (Wildman–Crippen LogP) is 2.23. The molecule has 0 saturated heterocycles. The fourth-order valence-electron chi connectivity index (χ4n) is 1.76. The summed E-state index contributed by atoms with van der Waals surface area (Å²) in [7, 11) is -3.82. The van der Waals surface area contributed by atoms with Crippen LogP contribution in [0.3, 0.4) is 0 Å². The maximum Gasteiger partial charge on any atom is 0.240 e. The van der Waals surface area contributed by atoms with E-state index < -0.39 is 10.0 Å². The number of hydrogen-bond donors (Lipinski definition) is 1. The van der Waals surface area contributed by atoms with Crippen molar-refractivity contribution in [2.45, 2.75) is 18.2 Å². The molecule has 0 saturated carbocycles. The van der Waals surface area contributed by atoms with E-state index in [1.165, 1.54) is 12.3 Å². The number of rotatable bonds is 5. The van der Waals surface area contributed by atoms with Crippen LogP contribution in [0.2, 0.25) is 0 Å². The summed E-state index contributed by atoms with van der Waals surface area (Å²) in [5, 5.41) is 5.81. The lowest BCUT2D eigenvalue weighted by molar-refractivity contribution is 0.353. The highest BCUT2D eigenvalue weighted by molar-refractivity contribution is 7.89. The number of primary sulfonamides is 1. The highest BCUT2D eigenvalue weighted by Gasteiger charge is 2.16. The molecule has 0 radical (unpaired) electrons. The van der Waals surface area contributed by atoms with Gasteiger partial charge in [-0.15, -0.1) is 0 Å². The summed E-state index contributed by atoms with van der Waals surface area (Å²) < 4.78 is 28.8. The maximum atomic E-state index is 11.6. The van der Waals surface area contributed by atoms with Gasteiger partial charge in [0.25, 0.3) is 0 Å². The molecular weight excluding hydrogens is 276 g/mol. The largest absolute Gasteiger partial charge is 0.489 e. The van der Waals surface area contributed by atoms with Gasteiger partial charge in [-0.3, -0.25) is 4.98 Å². The minimum atomic E-state index is -3.82. The lowest BCUT2D eigenvalue weighted by Crippen LogP contribution is -2.13. The molecule has 1 aromatic heterocycles. The molecule has 1 aromatic carbocycles. The van der Waals surface area contributed by atoms with Crippen molar-refractivity contribution < 1.29 is 13.2 Å². The number of ether oxygens (including phenoxy) is 1. The average Bonchev–Trinajstić information content (AvgIpc) is 2.43. The third-order valence-electron chi connectivity index (χ3n) is 2.93. The van der Waals surface area contributed by atoms with Crippen LogP contribution >= 0.6 is 0 Å². The van der Waals surface area contributed by atoms with Crippen LogP contribution in [-0.2, 0) is 10.0 Å². The number of sulfonamides is 1. The molecule has 1 heterocycles. The van der Waals surface area contributed by atoms with Gasteiger partial charge >= 0.3 is 0 Å². The first-order valence-corrected chi connectivity index (χ1v) is 7.68. The Balaban J connectivity index is 2.52. The minimum Gasteiger partial charge on any atom is -0.489 e. The van der Waals surface area contributed by atoms with Gasteiger partial charge in [0.2, 0.25) is 10.0 Å². The van der Waals surface area contributed by atoms with Crippen LogP contribution in [0.25, 0.3) is 10.9 Å². The average molecular weight is 292 g/mol. The van der Waals surface area contributed by atoms with Gasteiger partial charge in [-0.1, -0.05) is 13.5 Å². The van der Waals surface area contributed by atoms with Crippen LogP contribution in [0.4, 0.5) is 0 Å². The summed E-state index contributed by atoms with van der Waals surface area (Å²) in [6, 6.07) is 6.47. The molecule has 2 rings (SSSR count). The molecule has 0 bridgehead atoms. The zero-order valence-corrected chi connectivity index (χ0v) is 12.0. The van der Waals surface area contributed by atoms with Gasteiger partial charge in [-0.25, -0.2) is 13.6 Å². The van der Waals surface area contributed by atoms with Crippen molar-refractivity contribution in [3.8, 4) is 5.75 Å². The lowest BCUT2D eigenvalue weighted by Gasteiger charge is -2.11. The molecule has 6 heteroatoms. The lowest BCUT2D eigenvalue weighted by atomic mass is 10.2. The summed E-state index contributed by atoms with van der Waals surface area (Å²) in [5.74, 6) is 0.565. The van der Waals surface area contributed by atoms with Crippen LogP contribution in [0.5, 0.6) is 5.75 Å². The smallest absolute Gasteiger partial charge is 0.240 e. The van der Waals surface area contributed by atoms with E-state index in [1.807, 2.05) is 6.92 Å². The van der Waals surface area contributed by atoms with E-state index in [2.05, 4.69) is 11.6 Å². The Morgan fingerprint density at radius 3 is 2.80 bits per heavy atom. The van der Waals surface area contributed by atoms with Crippen LogP contribution < -0.4 is 9.88 Å². The molecule has 106 valence electrons. The van der Waals surface area contributed by atoms with Crippen molar-refractivity contribution in [3.05, 3.63) is 42.6 Å². The van der Waals surface area contributed by atoms with Crippen molar-refractivity contribution in [1.82, 2.24) is 4.98 Å². The molecule has 0 amide bonds. The zero-order chi connectivity index (χ0) is 14.8. The number of fused-ring (bicyclic) bond motifs is 1. The Morgan fingerprint density at radius 1 is 1.40 bits per heavy atom. The zero-order valence-electron chi connectivity index (χ0n) is 11.2. The minimum absolute atomic E-state index is 0.00484. The number of aromatic nitrogens is 1. The van der Waals surface area contributed by atoms with E-state index in [4.69, 9.17) is 9.88 Å². The summed E-state index contributed by atoms with van der Waals surface area (Å²) in [6.45, 7) is 6.25. The van der Waals surface area contributed by atoms with Crippen LogP contribution in [-0.4, -0.2) is 20.0 Å². The van der Waals surface area contributed by atoms with Crippen molar-refractivity contribution in [2.24, 2.45) is 5.14 Å². The monoisotopic (exact) mass is 292 g/mol. The first kappa shape index (κ1) is 14.5. The van der Waals surface area contributed by atoms with E-state index in [0.717, 1.165) is 12.0 Å². The molecule has 0 aliphatic heterocycles. The summed E-state index contributed by atoms with van der Waals surface area (Å²) in [4.78, 5) is 4.09. The third kappa shape index (κ3) is 2.97. The van der Waals surface area contributed by atoms with Gasteiger partial charge in [0.1, 0.15) is 17.3 Å². The van der Waals surface area contributed by atoms with Gasteiger partial charge in [0.15, 0.2) is 0 Å². The van der Waals surface area contributed by atoms with Gasteiger partial charge in [-0.05, 0) is 36.3 Å². The summed E-state index contributed by atoms with van der Waals surface area (Å²) >= 11 is 0. The molecule has 0 fully saturated rings. The normalized spacial score (nSPS) is 11.5. The molecular formula is C14H16N2O3S. The maximum absolute atomic E-state index is 11.6. The first-order chi connectivity index (χ1) is 9.43. The molecule has 20 heavy (non-hydrogen) atoms. The van der Waals surface area contributed by atoms with Crippen molar-refractivity contribution in [3.63, 3.8) is 0 Å².